The number of aliphatic hydroxyl groups excluding tert-OH is 1. The van der Waals surface area contributed by atoms with Gasteiger partial charge in [-0.05, 0) is 31.2 Å². The molecule has 2 aromatic heterocycles. The lowest BCUT2D eigenvalue weighted by molar-refractivity contribution is 0.0697. The average molecular weight is 364 g/mol. The number of nitrogens with zero attached hydrogens (tertiary/aromatic N) is 3. The molecule has 0 radical (unpaired) electrons. The SMILES string of the molecule is CC(O)c1cccc(N2CCc3nc(-c4ccc(C(=O)O)cc4)[nH]c3C2)n1. The number of nitrogens with one attached hydrogen (secondary N) is 1. The molecule has 4 rings (SSSR count). The molecule has 1 unspecified atom stereocenters. The second-order valence-electron chi connectivity index (χ2n) is 6.66. The maximum absolute atomic E-state index is 11.0. The van der Waals surface area contributed by atoms with E-state index in [1.165, 1.54) is 0 Å². The third-order valence-electron chi connectivity index (χ3n) is 4.75. The summed E-state index contributed by atoms with van der Waals surface area (Å²) >= 11 is 0. The summed E-state index contributed by atoms with van der Waals surface area (Å²) in [4.78, 5) is 25.7. The minimum atomic E-state index is -0.942. The zero-order chi connectivity index (χ0) is 19.0. The number of hydrogen-bond donors (Lipinski definition) is 3. The Balaban J connectivity index is 1.57. The molecule has 3 N–H and O–H groups in total. The normalized spacial score (nSPS) is 14.7. The van der Waals surface area contributed by atoms with Gasteiger partial charge in [0, 0.05) is 18.5 Å². The highest BCUT2D eigenvalue weighted by Crippen LogP contribution is 2.26. The maximum atomic E-state index is 11.0. The van der Waals surface area contributed by atoms with Crippen molar-refractivity contribution < 1.29 is 15.0 Å². The Morgan fingerprint density at radius 2 is 1.96 bits per heavy atom. The molecule has 27 heavy (non-hydrogen) atoms. The Bertz CT molecular complexity index is 979. The fraction of sp³-hybridized carbons (Fsp3) is 0.250. The van der Waals surface area contributed by atoms with E-state index in [-0.39, 0.29) is 5.56 Å². The van der Waals surface area contributed by atoms with Crippen LogP contribution in [-0.2, 0) is 13.0 Å². The third kappa shape index (κ3) is 3.41. The van der Waals surface area contributed by atoms with Crippen LogP contribution in [0.4, 0.5) is 5.82 Å². The van der Waals surface area contributed by atoms with Crippen molar-refractivity contribution in [2.45, 2.75) is 26.0 Å². The molecule has 138 valence electrons. The third-order valence-corrected chi connectivity index (χ3v) is 4.75. The summed E-state index contributed by atoms with van der Waals surface area (Å²) in [6, 6.07) is 12.4. The lowest BCUT2D eigenvalue weighted by atomic mass is 10.1. The molecule has 3 heterocycles. The number of aromatic nitrogens is 3. The van der Waals surface area contributed by atoms with Crippen LogP contribution in [0.15, 0.2) is 42.5 Å². The van der Waals surface area contributed by atoms with Gasteiger partial charge in [0.05, 0.1) is 35.3 Å². The van der Waals surface area contributed by atoms with Gasteiger partial charge in [-0.1, -0.05) is 18.2 Å². The van der Waals surface area contributed by atoms with E-state index in [0.717, 1.165) is 41.6 Å². The molecule has 7 heteroatoms. The van der Waals surface area contributed by atoms with E-state index in [2.05, 4.69) is 19.9 Å². The Morgan fingerprint density at radius 3 is 2.67 bits per heavy atom. The number of carbonyl (C=O) groups is 1. The number of aromatic carboxylic acids is 1. The summed E-state index contributed by atoms with van der Waals surface area (Å²) in [6.07, 6.45) is 0.192. The first-order valence-corrected chi connectivity index (χ1v) is 8.82. The van der Waals surface area contributed by atoms with Crippen molar-refractivity contribution in [3.8, 4) is 11.4 Å². The molecular weight excluding hydrogens is 344 g/mol. The zero-order valence-corrected chi connectivity index (χ0v) is 14.9. The quantitative estimate of drug-likeness (QED) is 0.658. The summed E-state index contributed by atoms with van der Waals surface area (Å²) in [5.74, 6) is 0.633. The first kappa shape index (κ1) is 17.2. The van der Waals surface area contributed by atoms with E-state index in [1.807, 2.05) is 18.2 Å². The molecule has 1 aliphatic heterocycles. The smallest absolute Gasteiger partial charge is 0.335 e. The van der Waals surface area contributed by atoms with E-state index >= 15 is 0 Å². The molecule has 1 aromatic carbocycles. The number of aromatic amines is 1. The van der Waals surface area contributed by atoms with Gasteiger partial charge in [0.2, 0.25) is 0 Å². The van der Waals surface area contributed by atoms with Gasteiger partial charge in [-0.3, -0.25) is 0 Å². The highest BCUT2D eigenvalue weighted by atomic mass is 16.4. The van der Waals surface area contributed by atoms with Crippen LogP contribution in [0.5, 0.6) is 0 Å². The summed E-state index contributed by atoms with van der Waals surface area (Å²) in [7, 11) is 0. The second kappa shape index (κ2) is 6.85. The molecular formula is C20H20N4O3. The van der Waals surface area contributed by atoms with E-state index in [4.69, 9.17) is 5.11 Å². The molecule has 0 spiro atoms. The number of aliphatic hydroxyl groups is 1. The van der Waals surface area contributed by atoms with Gasteiger partial charge in [-0.15, -0.1) is 0 Å². The Kier molecular flexibility index (Phi) is 4.37. The van der Waals surface area contributed by atoms with Crippen LogP contribution in [0.2, 0.25) is 0 Å². The van der Waals surface area contributed by atoms with Gasteiger partial charge >= 0.3 is 5.97 Å². The Labute approximate surface area is 156 Å². The number of fused-ring (bicyclic) bond motifs is 1. The van der Waals surface area contributed by atoms with E-state index in [9.17, 15) is 9.90 Å². The van der Waals surface area contributed by atoms with Crippen LogP contribution in [-0.4, -0.2) is 37.7 Å². The second-order valence-corrected chi connectivity index (χ2v) is 6.66. The highest BCUT2D eigenvalue weighted by molar-refractivity contribution is 5.88. The predicted octanol–water partition coefficient (Wildman–Crippen LogP) is 2.79. The first-order chi connectivity index (χ1) is 13.0. The highest BCUT2D eigenvalue weighted by Gasteiger charge is 2.22. The van der Waals surface area contributed by atoms with Crippen LogP contribution >= 0.6 is 0 Å². The lowest BCUT2D eigenvalue weighted by Crippen LogP contribution is -2.31. The van der Waals surface area contributed by atoms with Crippen LogP contribution < -0.4 is 4.90 Å². The molecule has 0 aliphatic carbocycles. The van der Waals surface area contributed by atoms with Crippen molar-refractivity contribution in [3.63, 3.8) is 0 Å². The van der Waals surface area contributed by atoms with Crippen molar-refractivity contribution in [2.75, 3.05) is 11.4 Å². The standard InChI is InChI=1S/C20H20N4O3/c1-12(25)15-3-2-4-18(21-15)24-10-9-16-17(11-24)23-19(22-16)13-5-7-14(8-6-13)20(26)27/h2-8,12,25H,9-11H2,1H3,(H,22,23)(H,26,27). The number of imidazole rings is 1. The summed E-state index contributed by atoms with van der Waals surface area (Å²) < 4.78 is 0. The minimum absolute atomic E-state index is 0.255. The molecule has 0 saturated heterocycles. The van der Waals surface area contributed by atoms with Crippen LogP contribution in [0.3, 0.4) is 0 Å². The van der Waals surface area contributed by atoms with Gasteiger partial charge in [0.25, 0.3) is 0 Å². The van der Waals surface area contributed by atoms with Crippen LogP contribution in [0.25, 0.3) is 11.4 Å². The van der Waals surface area contributed by atoms with Crippen molar-refractivity contribution in [3.05, 3.63) is 65.1 Å². The minimum Gasteiger partial charge on any atom is -0.478 e. The fourth-order valence-corrected chi connectivity index (χ4v) is 3.25. The summed E-state index contributed by atoms with van der Waals surface area (Å²) in [5, 5.41) is 18.8. The number of anilines is 1. The molecule has 1 aliphatic rings. The van der Waals surface area contributed by atoms with Crippen LogP contribution in [0, 0.1) is 0 Å². The van der Waals surface area contributed by atoms with Gasteiger partial charge in [-0.2, -0.15) is 0 Å². The Morgan fingerprint density at radius 1 is 1.19 bits per heavy atom. The van der Waals surface area contributed by atoms with Crippen molar-refractivity contribution in [2.24, 2.45) is 0 Å². The number of H-pyrrole nitrogens is 1. The molecule has 0 saturated carbocycles. The van der Waals surface area contributed by atoms with Gasteiger partial charge < -0.3 is 20.1 Å². The van der Waals surface area contributed by atoms with Gasteiger partial charge in [0.15, 0.2) is 0 Å². The fourth-order valence-electron chi connectivity index (χ4n) is 3.25. The van der Waals surface area contributed by atoms with Crippen molar-refractivity contribution in [1.29, 1.82) is 0 Å². The monoisotopic (exact) mass is 364 g/mol. The van der Waals surface area contributed by atoms with Crippen molar-refractivity contribution >= 4 is 11.8 Å². The van der Waals surface area contributed by atoms with E-state index in [1.54, 1.807) is 31.2 Å². The number of carboxylic acid groups (broad SMARTS) is 1. The number of carboxylic acids is 1. The molecule has 0 bridgehead atoms. The van der Waals surface area contributed by atoms with Gasteiger partial charge in [0.1, 0.15) is 11.6 Å². The van der Waals surface area contributed by atoms with E-state index < -0.39 is 12.1 Å². The number of hydrogen-bond acceptors (Lipinski definition) is 5. The van der Waals surface area contributed by atoms with Crippen molar-refractivity contribution in [1.82, 2.24) is 15.0 Å². The lowest BCUT2D eigenvalue weighted by Gasteiger charge is -2.27. The average Bonchev–Trinajstić information content (AvgIpc) is 3.11. The van der Waals surface area contributed by atoms with E-state index in [0.29, 0.717) is 12.2 Å². The topological polar surface area (TPSA) is 102 Å². The molecule has 7 nitrogen and oxygen atoms in total. The number of rotatable bonds is 4. The predicted molar refractivity (Wildman–Crippen MR) is 101 cm³/mol. The number of benzene rings is 1. The molecule has 3 aromatic rings. The summed E-state index contributed by atoms with van der Waals surface area (Å²) in [5.41, 5.74) is 3.82. The zero-order valence-electron chi connectivity index (χ0n) is 14.9. The summed E-state index contributed by atoms with van der Waals surface area (Å²) in [6.45, 7) is 3.16. The Hall–Kier alpha value is -3.19. The largest absolute Gasteiger partial charge is 0.478 e. The maximum Gasteiger partial charge on any atom is 0.335 e. The molecule has 1 atom stereocenters. The first-order valence-electron chi connectivity index (χ1n) is 8.82. The van der Waals surface area contributed by atoms with Crippen LogP contribution in [0.1, 0.15) is 40.5 Å². The number of pyridine rings is 1. The molecule has 0 amide bonds. The molecule has 0 fully saturated rings. The van der Waals surface area contributed by atoms with Gasteiger partial charge in [-0.25, -0.2) is 14.8 Å².